The van der Waals surface area contributed by atoms with Crippen LogP contribution in [0, 0.1) is 0 Å². The molecule has 116 valence electrons. The normalized spacial score (nSPS) is 16.2. The molecule has 1 amide bonds. The highest BCUT2D eigenvalue weighted by atomic mass is 16.5. The van der Waals surface area contributed by atoms with E-state index in [2.05, 4.69) is 10.2 Å². The van der Waals surface area contributed by atoms with Gasteiger partial charge in [0.2, 0.25) is 0 Å². The van der Waals surface area contributed by atoms with E-state index in [1.165, 1.54) is 25.7 Å². The Morgan fingerprint density at radius 1 is 1.19 bits per heavy atom. The Labute approximate surface area is 126 Å². The predicted octanol–water partition coefficient (Wildman–Crippen LogP) is 1.64. The summed E-state index contributed by atoms with van der Waals surface area (Å²) in [6, 6.07) is 7.19. The lowest BCUT2D eigenvalue weighted by Crippen LogP contribution is -2.37. The molecular weight excluding hydrogens is 266 g/mol. The number of hydrogen-bond donors (Lipinski definition) is 2. The van der Waals surface area contributed by atoms with E-state index in [0.717, 1.165) is 19.6 Å². The summed E-state index contributed by atoms with van der Waals surface area (Å²) in [5, 5.41) is 2.89. The summed E-state index contributed by atoms with van der Waals surface area (Å²) in [5.41, 5.74) is 6.31. The van der Waals surface area contributed by atoms with Crippen LogP contribution < -0.4 is 15.8 Å². The maximum atomic E-state index is 11.7. The number of carbonyl (C=O) groups excluding carboxylic acids is 1. The minimum absolute atomic E-state index is 0.00815. The smallest absolute Gasteiger partial charge is 0.257 e. The van der Waals surface area contributed by atoms with Crippen molar-refractivity contribution in [3.8, 4) is 5.75 Å². The molecular formula is C16H25N3O2. The standard InChI is InChI=1S/C16H25N3O2/c17-14-7-3-4-8-15(14)21-13-16(20)18-9-12-19-10-5-1-2-6-11-19/h3-4,7-8H,1-2,5-6,9-13,17H2,(H,18,20). The molecule has 3 N–H and O–H groups in total. The molecule has 0 unspecified atom stereocenters. The topological polar surface area (TPSA) is 67.6 Å². The number of benzene rings is 1. The van der Waals surface area contributed by atoms with Gasteiger partial charge in [0.1, 0.15) is 5.75 Å². The highest BCUT2D eigenvalue weighted by molar-refractivity contribution is 5.77. The molecule has 1 aromatic rings. The van der Waals surface area contributed by atoms with Gasteiger partial charge < -0.3 is 20.7 Å². The van der Waals surface area contributed by atoms with E-state index in [1.807, 2.05) is 12.1 Å². The Hall–Kier alpha value is -1.75. The second-order valence-electron chi connectivity index (χ2n) is 5.43. The lowest BCUT2D eigenvalue weighted by molar-refractivity contribution is -0.123. The van der Waals surface area contributed by atoms with E-state index in [1.54, 1.807) is 12.1 Å². The Bertz CT molecular complexity index is 443. The number of amides is 1. The number of hydrogen-bond acceptors (Lipinski definition) is 4. The largest absolute Gasteiger partial charge is 0.482 e. The molecule has 1 heterocycles. The number of nitrogen functional groups attached to an aromatic ring is 1. The molecule has 5 heteroatoms. The average molecular weight is 291 g/mol. The summed E-state index contributed by atoms with van der Waals surface area (Å²) in [4.78, 5) is 14.2. The van der Waals surface area contributed by atoms with Crippen LogP contribution in [0.4, 0.5) is 5.69 Å². The van der Waals surface area contributed by atoms with Crippen LogP contribution in [0.15, 0.2) is 24.3 Å². The first-order valence-electron chi connectivity index (χ1n) is 7.72. The number of ether oxygens (including phenoxy) is 1. The summed E-state index contributed by atoms with van der Waals surface area (Å²) in [7, 11) is 0. The number of nitrogens with two attached hydrogens (primary N) is 1. The number of likely N-dealkylation sites (tertiary alicyclic amines) is 1. The summed E-state index contributed by atoms with van der Waals surface area (Å²) < 4.78 is 5.41. The molecule has 0 spiro atoms. The third-order valence-corrected chi connectivity index (χ3v) is 3.73. The molecule has 1 fully saturated rings. The van der Waals surface area contributed by atoms with Crippen LogP contribution in [0.1, 0.15) is 25.7 Å². The van der Waals surface area contributed by atoms with Crippen molar-refractivity contribution in [1.82, 2.24) is 10.2 Å². The number of nitrogens with one attached hydrogen (secondary N) is 1. The summed E-state index contributed by atoms with van der Waals surface area (Å²) in [6.45, 7) is 3.89. The zero-order chi connectivity index (χ0) is 14.9. The molecule has 2 rings (SSSR count). The number of anilines is 1. The molecule has 21 heavy (non-hydrogen) atoms. The van der Waals surface area contributed by atoms with Crippen LogP contribution in [0.5, 0.6) is 5.75 Å². The van der Waals surface area contributed by atoms with Crippen molar-refractivity contribution < 1.29 is 9.53 Å². The summed E-state index contributed by atoms with van der Waals surface area (Å²) in [6.07, 6.45) is 5.19. The van der Waals surface area contributed by atoms with Crippen molar-refractivity contribution in [2.75, 3.05) is 38.5 Å². The fourth-order valence-corrected chi connectivity index (χ4v) is 2.52. The molecule has 5 nitrogen and oxygen atoms in total. The maximum Gasteiger partial charge on any atom is 0.257 e. The van der Waals surface area contributed by atoms with Gasteiger partial charge in [-0.3, -0.25) is 4.79 Å². The SMILES string of the molecule is Nc1ccccc1OCC(=O)NCCN1CCCCCC1. The van der Waals surface area contributed by atoms with Gasteiger partial charge in [-0.2, -0.15) is 0 Å². The second-order valence-corrected chi connectivity index (χ2v) is 5.43. The van der Waals surface area contributed by atoms with Crippen molar-refractivity contribution >= 4 is 11.6 Å². The van der Waals surface area contributed by atoms with E-state index < -0.39 is 0 Å². The molecule has 1 aliphatic heterocycles. The molecule has 0 saturated carbocycles. The first kappa shape index (κ1) is 15.6. The second kappa shape index (κ2) is 8.52. The number of carbonyl (C=O) groups is 1. The van der Waals surface area contributed by atoms with Crippen LogP contribution >= 0.6 is 0 Å². The number of nitrogens with zero attached hydrogens (tertiary/aromatic N) is 1. The Morgan fingerprint density at radius 3 is 2.62 bits per heavy atom. The molecule has 0 aromatic heterocycles. The summed E-state index contributed by atoms with van der Waals surface area (Å²) in [5.74, 6) is 0.452. The van der Waals surface area contributed by atoms with Crippen LogP contribution in [0.3, 0.4) is 0 Å². The van der Waals surface area contributed by atoms with Crippen molar-refractivity contribution in [2.24, 2.45) is 0 Å². The lowest BCUT2D eigenvalue weighted by atomic mass is 10.2. The lowest BCUT2D eigenvalue weighted by Gasteiger charge is -2.19. The van der Waals surface area contributed by atoms with Crippen LogP contribution in [-0.4, -0.2) is 43.6 Å². The zero-order valence-corrected chi connectivity index (χ0v) is 12.5. The molecule has 1 saturated heterocycles. The van der Waals surface area contributed by atoms with Gasteiger partial charge in [-0.1, -0.05) is 25.0 Å². The van der Waals surface area contributed by atoms with Gasteiger partial charge in [-0.05, 0) is 38.1 Å². The Kier molecular flexibility index (Phi) is 6.34. The first-order valence-corrected chi connectivity index (χ1v) is 7.72. The minimum Gasteiger partial charge on any atom is -0.482 e. The monoisotopic (exact) mass is 291 g/mol. The van der Waals surface area contributed by atoms with Crippen LogP contribution in [-0.2, 0) is 4.79 Å². The number of para-hydroxylation sites is 2. The highest BCUT2D eigenvalue weighted by Gasteiger charge is 2.09. The molecule has 0 bridgehead atoms. The van der Waals surface area contributed by atoms with E-state index in [9.17, 15) is 4.79 Å². The quantitative estimate of drug-likeness (QED) is 0.782. The van der Waals surface area contributed by atoms with Crippen LogP contribution in [0.25, 0.3) is 0 Å². The Morgan fingerprint density at radius 2 is 1.90 bits per heavy atom. The van der Waals surface area contributed by atoms with Crippen molar-refractivity contribution in [3.05, 3.63) is 24.3 Å². The Balaban J connectivity index is 1.62. The van der Waals surface area contributed by atoms with Gasteiger partial charge in [0.25, 0.3) is 5.91 Å². The molecule has 1 aliphatic rings. The fourth-order valence-electron chi connectivity index (χ4n) is 2.52. The molecule has 1 aromatic carbocycles. The predicted molar refractivity (Wildman–Crippen MR) is 84.3 cm³/mol. The van der Waals surface area contributed by atoms with Gasteiger partial charge in [0.05, 0.1) is 5.69 Å². The van der Waals surface area contributed by atoms with Crippen molar-refractivity contribution in [1.29, 1.82) is 0 Å². The van der Waals surface area contributed by atoms with Crippen LogP contribution in [0.2, 0.25) is 0 Å². The van der Waals surface area contributed by atoms with Gasteiger partial charge in [-0.25, -0.2) is 0 Å². The van der Waals surface area contributed by atoms with Gasteiger partial charge in [0.15, 0.2) is 6.61 Å². The molecule has 0 atom stereocenters. The van der Waals surface area contributed by atoms with E-state index in [4.69, 9.17) is 10.5 Å². The third-order valence-electron chi connectivity index (χ3n) is 3.73. The van der Waals surface area contributed by atoms with E-state index in [0.29, 0.717) is 18.0 Å². The van der Waals surface area contributed by atoms with Crippen molar-refractivity contribution in [3.63, 3.8) is 0 Å². The maximum absolute atomic E-state index is 11.7. The van der Waals surface area contributed by atoms with Gasteiger partial charge in [0, 0.05) is 13.1 Å². The van der Waals surface area contributed by atoms with E-state index in [-0.39, 0.29) is 12.5 Å². The minimum atomic E-state index is -0.104. The van der Waals surface area contributed by atoms with Crippen molar-refractivity contribution in [2.45, 2.75) is 25.7 Å². The highest BCUT2D eigenvalue weighted by Crippen LogP contribution is 2.19. The van der Waals surface area contributed by atoms with Gasteiger partial charge in [-0.15, -0.1) is 0 Å². The van der Waals surface area contributed by atoms with E-state index >= 15 is 0 Å². The molecule has 0 aliphatic carbocycles. The number of rotatable bonds is 6. The fraction of sp³-hybridized carbons (Fsp3) is 0.562. The molecule has 0 radical (unpaired) electrons. The average Bonchev–Trinajstić information content (AvgIpc) is 2.75. The first-order chi connectivity index (χ1) is 10.3. The third kappa shape index (κ3) is 5.63. The van der Waals surface area contributed by atoms with Gasteiger partial charge >= 0.3 is 0 Å². The summed E-state index contributed by atoms with van der Waals surface area (Å²) >= 11 is 0. The zero-order valence-electron chi connectivity index (χ0n) is 12.5.